The quantitative estimate of drug-likeness (QED) is 0.148. The van der Waals surface area contributed by atoms with Crippen molar-refractivity contribution in [2.24, 2.45) is 0 Å². The molecule has 0 amide bonds. The molecule has 0 aliphatic heterocycles. The highest BCUT2D eigenvalue weighted by atomic mass is 31.2. The molecule has 0 bridgehead atoms. The van der Waals surface area contributed by atoms with E-state index in [1.807, 2.05) is 18.2 Å². The Morgan fingerprint density at radius 2 is 0.520 bits per heavy atom. The van der Waals surface area contributed by atoms with Crippen LogP contribution in [0.25, 0.3) is 0 Å². The van der Waals surface area contributed by atoms with E-state index in [9.17, 15) is 0 Å². The van der Waals surface area contributed by atoms with Crippen LogP contribution in [0.15, 0.2) is 36.4 Å². The van der Waals surface area contributed by atoms with Gasteiger partial charge < -0.3 is 13.6 Å². The van der Waals surface area contributed by atoms with Gasteiger partial charge in [0.25, 0.3) is 0 Å². The van der Waals surface area contributed by atoms with Crippen molar-refractivity contribution in [3.8, 4) is 17.2 Å². The van der Waals surface area contributed by atoms with Crippen LogP contribution in [0.3, 0.4) is 0 Å². The Balaban J connectivity index is 2.43. The molecule has 3 aromatic carbocycles. The van der Waals surface area contributed by atoms with Crippen molar-refractivity contribution >= 4 is 7.82 Å². The molecule has 50 heavy (non-hydrogen) atoms. The van der Waals surface area contributed by atoms with Gasteiger partial charge in [0.15, 0.2) is 0 Å². The van der Waals surface area contributed by atoms with Crippen molar-refractivity contribution in [3.05, 3.63) is 86.5 Å². The summed E-state index contributed by atoms with van der Waals surface area (Å²) in [7, 11) is -4.35. The predicted octanol–water partition coefficient (Wildman–Crippen LogP) is 15.4. The highest BCUT2D eigenvalue weighted by molar-refractivity contribution is 7.49. The van der Waals surface area contributed by atoms with E-state index < -0.39 is 7.82 Å². The van der Waals surface area contributed by atoms with Gasteiger partial charge >= 0.3 is 7.82 Å². The molecule has 0 radical (unpaired) electrons. The Labute approximate surface area is 306 Å². The fourth-order valence-electron chi connectivity index (χ4n) is 7.79. The van der Waals surface area contributed by atoms with Crippen LogP contribution in [0.5, 0.6) is 17.2 Å². The average molecular weight is 705 g/mol. The van der Waals surface area contributed by atoms with Crippen molar-refractivity contribution in [2.75, 3.05) is 0 Å². The van der Waals surface area contributed by atoms with Crippen LogP contribution in [-0.2, 0) is 4.57 Å². The minimum atomic E-state index is -4.35. The van der Waals surface area contributed by atoms with Crippen molar-refractivity contribution in [3.63, 3.8) is 0 Å². The zero-order valence-electron chi connectivity index (χ0n) is 34.7. The molecule has 5 heteroatoms. The van der Waals surface area contributed by atoms with Crippen LogP contribution in [0, 0.1) is 0 Å². The molecule has 0 atom stereocenters. The summed E-state index contributed by atoms with van der Waals surface area (Å²) in [5, 5.41) is 0. The van der Waals surface area contributed by atoms with Gasteiger partial charge in [-0.05, 0) is 105 Å². The maximum atomic E-state index is 15.7. The number of rotatable bonds is 15. The summed E-state index contributed by atoms with van der Waals surface area (Å²) in [4.78, 5) is 0. The molecule has 0 aliphatic rings. The van der Waals surface area contributed by atoms with Crippen molar-refractivity contribution in [1.29, 1.82) is 0 Å². The SMILES string of the molecule is CC(C)c1ccc(OP(=O)(Oc2ccc(C(C)C)c(C(C)C)c2C(C)C)Oc2ccc(C(C)C)c(C(C)C)c2C(C)C)c(C(C)C)c1C(C)C. The predicted molar refractivity (Wildman–Crippen MR) is 216 cm³/mol. The first-order chi connectivity index (χ1) is 23.1. The van der Waals surface area contributed by atoms with Gasteiger partial charge in [0.2, 0.25) is 0 Å². The monoisotopic (exact) mass is 704 g/mol. The van der Waals surface area contributed by atoms with E-state index in [0.29, 0.717) is 35.0 Å². The molecule has 0 aliphatic carbocycles. The van der Waals surface area contributed by atoms with Gasteiger partial charge in [-0.25, -0.2) is 0 Å². The van der Waals surface area contributed by atoms with E-state index in [0.717, 1.165) is 16.7 Å². The first-order valence-electron chi connectivity index (χ1n) is 19.3. The summed E-state index contributed by atoms with van der Waals surface area (Å²) < 4.78 is 36.0. The Morgan fingerprint density at radius 1 is 0.320 bits per heavy atom. The van der Waals surface area contributed by atoms with Crippen LogP contribution in [0.1, 0.15) is 228 Å². The first-order valence-corrected chi connectivity index (χ1v) is 20.8. The zero-order chi connectivity index (χ0) is 38.0. The van der Waals surface area contributed by atoms with E-state index >= 15 is 4.57 Å². The van der Waals surface area contributed by atoms with Crippen molar-refractivity contribution < 1.29 is 18.1 Å². The highest BCUT2D eigenvalue weighted by Crippen LogP contribution is 2.56. The number of phosphoric ester groups is 1. The Hall–Kier alpha value is -2.71. The molecule has 0 heterocycles. The third-order valence-electron chi connectivity index (χ3n) is 9.80. The molecular weight excluding hydrogens is 635 g/mol. The third-order valence-corrected chi connectivity index (χ3v) is 11.1. The molecule has 3 aromatic rings. The van der Waals surface area contributed by atoms with Crippen molar-refractivity contribution in [1.82, 2.24) is 0 Å². The van der Waals surface area contributed by atoms with E-state index in [2.05, 4.69) is 143 Å². The smallest absolute Gasteiger partial charge is 0.386 e. The molecule has 0 unspecified atom stereocenters. The fourth-order valence-corrected chi connectivity index (χ4v) is 9.10. The van der Waals surface area contributed by atoms with Crippen LogP contribution >= 0.6 is 7.82 Å². The number of hydrogen-bond donors (Lipinski definition) is 0. The lowest BCUT2D eigenvalue weighted by atomic mass is 9.83. The van der Waals surface area contributed by atoms with Gasteiger partial charge in [0, 0.05) is 16.7 Å². The lowest BCUT2D eigenvalue weighted by molar-refractivity contribution is 0.293. The van der Waals surface area contributed by atoms with E-state index in [4.69, 9.17) is 13.6 Å². The Kier molecular flexibility index (Phi) is 14.0. The molecule has 0 spiro atoms. The van der Waals surface area contributed by atoms with E-state index in [-0.39, 0.29) is 35.5 Å². The molecule has 0 N–H and O–H groups in total. The summed E-state index contributed by atoms with van der Waals surface area (Å²) in [5.41, 5.74) is 10.8. The molecule has 0 saturated carbocycles. The highest BCUT2D eigenvalue weighted by Gasteiger charge is 2.39. The summed E-state index contributed by atoms with van der Waals surface area (Å²) in [5.74, 6) is 3.82. The average Bonchev–Trinajstić information content (AvgIpc) is 2.98. The van der Waals surface area contributed by atoms with Gasteiger partial charge in [0.1, 0.15) is 17.2 Å². The summed E-state index contributed by atoms with van der Waals surface area (Å²) >= 11 is 0. The summed E-state index contributed by atoms with van der Waals surface area (Å²) in [6.45, 7) is 39.8. The van der Waals surface area contributed by atoms with Crippen LogP contribution in [0.2, 0.25) is 0 Å². The Bertz CT molecular complexity index is 1460. The minimum absolute atomic E-state index is 0.128. The molecular formula is C45H69O4P. The molecule has 0 fully saturated rings. The standard InChI is InChI=1S/C45H69O4P/c1-25(2)34-19-22-37(43(31(13)14)40(34)28(7)8)47-50(46,48-38-23-20-35(26(3)4)41(29(9)10)44(38)32(15)16)49-39-24-21-36(27(5)6)42(30(11)12)45(39)33(17)18/h19-33H,1-18H3. The maximum Gasteiger partial charge on any atom is 0.647 e. The largest absolute Gasteiger partial charge is 0.647 e. The molecule has 0 aromatic heterocycles. The van der Waals surface area contributed by atoms with Crippen LogP contribution in [-0.4, -0.2) is 0 Å². The second-order valence-electron chi connectivity index (χ2n) is 17.1. The Morgan fingerprint density at radius 3 is 0.680 bits per heavy atom. The molecule has 278 valence electrons. The van der Waals surface area contributed by atoms with Gasteiger partial charge in [-0.1, -0.05) is 143 Å². The second-order valence-corrected chi connectivity index (χ2v) is 18.5. The topological polar surface area (TPSA) is 44.8 Å². The van der Waals surface area contributed by atoms with Crippen molar-refractivity contribution in [2.45, 2.75) is 178 Å². The van der Waals surface area contributed by atoms with E-state index in [1.54, 1.807) is 0 Å². The summed E-state index contributed by atoms with van der Waals surface area (Å²) in [6, 6.07) is 12.3. The van der Waals surface area contributed by atoms with E-state index in [1.165, 1.54) is 33.4 Å². The van der Waals surface area contributed by atoms with Crippen LogP contribution < -0.4 is 13.6 Å². The van der Waals surface area contributed by atoms with Gasteiger partial charge in [-0.2, -0.15) is 4.57 Å². The van der Waals surface area contributed by atoms with Gasteiger partial charge in [-0.15, -0.1) is 0 Å². The molecule has 0 saturated heterocycles. The fraction of sp³-hybridized carbons (Fsp3) is 0.600. The van der Waals surface area contributed by atoms with Gasteiger partial charge in [0.05, 0.1) is 0 Å². The maximum absolute atomic E-state index is 15.7. The van der Waals surface area contributed by atoms with Crippen LogP contribution in [0.4, 0.5) is 0 Å². The first kappa shape index (κ1) is 41.7. The molecule has 3 rings (SSSR count). The molecule has 4 nitrogen and oxygen atoms in total. The van der Waals surface area contributed by atoms with Gasteiger partial charge in [-0.3, -0.25) is 0 Å². The number of benzene rings is 3. The number of phosphoric acid groups is 1. The number of hydrogen-bond acceptors (Lipinski definition) is 4. The lowest BCUT2D eigenvalue weighted by Crippen LogP contribution is -2.15. The zero-order valence-corrected chi connectivity index (χ0v) is 35.6. The third kappa shape index (κ3) is 9.01. The lowest BCUT2D eigenvalue weighted by Gasteiger charge is -2.30. The normalized spacial score (nSPS) is 12.7. The minimum Gasteiger partial charge on any atom is -0.386 e. The second kappa shape index (κ2) is 16.8. The summed E-state index contributed by atoms with van der Waals surface area (Å²) in [6.07, 6.45) is 0.